The molecule has 0 aliphatic rings. The fourth-order valence-corrected chi connectivity index (χ4v) is 2.01. The van der Waals surface area contributed by atoms with E-state index in [1.165, 1.54) is 11.1 Å². The summed E-state index contributed by atoms with van der Waals surface area (Å²) in [5, 5.41) is 3.35. The first-order chi connectivity index (χ1) is 10.8. The van der Waals surface area contributed by atoms with Gasteiger partial charge >= 0.3 is 0 Å². The number of benzene rings is 2. The number of guanidine groups is 1. The fourth-order valence-electron chi connectivity index (χ4n) is 2.01. The third-order valence-electron chi connectivity index (χ3n) is 3.17. The van der Waals surface area contributed by atoms with Gasteiger partial charge in [-0.3, -0.25) is 0 Å². The van der Waals surface area contributed by atoms with Crippen molar-refractivity contribution in [2.75, 3.05) is 20.6 Å². The molecule has 0 saturated heterocycles. The van der Waals surface area contributed by atoms with Crippen molar-refractivity contribution in [2.45, 2.75) is 6.54 Å². The first-order valence-corrected chi connectivity index (χ1v) is 7.47. The molecule has 0 saturated carbocycles. The van der Waals surface area contributed by atoms with Gasteiger partial charge in [0.25, 0.3) is 0 Å². The Hall–Kier alpha value is -1.82. The Kier molecular flexibility index (Phi) is 9.05. The summed E-state index contributed by atoms with van der Waals surface area (Å²) in [4.78, 5) is 6.63. The van der Waals surface area contributed by atoms with Crippen molar-refractivity contribution in [2.24, 2.45) is 4.99 Å². The van der Waals surface area contributed by atoms with Gasteiger partial charge in [0.05, 0.1) is 6.54 Å². The predicted octanol–water partition coefficient (Wildman–Crippen LogP) is 4.03. The van der Waals surface area contributed by atoms with Crippen LogP contribution in [0.3, 0.4) is 0 Å². The summed E-state index contributed by atoms with van der Waals surface area (Å²) in [5.41, 5.74) is 2.42. The van der Waals surface area contributed by atoms with Crippen LogP contribution < -0.4 is 5.32 Å². The molecule has 0 atom stereocenters. The van der Waals surface area contributed by atoms with Gasteiger partial charge in [-0.1, -0.05) is 72.8 Å². The van der Waals surface area contributed by atoms with E-state index in [-0.39, 0.29) is 24.0 Å². The molecule has 3 nitrogen and oxygen atoms in total. The highest BCUT2D eigenvalue weighted by Gasteiger charge is 1.99. The fraction of sp³-hybridized carbons (Fsp3) is 0.211. The smallest absolute Gasteiger partial charge is 0.193 e. The minimum absolute atomic E-state index is 0. The van der Waals surface area contributed by atoms with E-state index in [0.717, 1.165) is 12.5 Å². The molecule has 0 radical (unpaired) electrons. The highest BCUT2D eigenvalue weighted by molar-refractivity contribution is 14.0. The topological polar surface area (TPSA) is 27.6 Å². The Morgan fingerprint density at radius 3 is 2.22 bits per heavy atom. The molecule has 122 valence electrons. The Balaban J connectivity index is 0.00000264. The summed E-state index contributed by atoms with van der Waals surface area (Å²) < 4.78 is 0. The second kappa shape index (κ2) is 10.8. The van der Waals surface area contributed by atoms with Crippen LogP contribution >= 0.6 is 24.0 Å². The van der Waals surface area contributed by atoms with Gasteiger partial charge in [-0.15, -0.1) is 24.0 Å². The Labute approximate surface area is 156 Å². The average Bonchev–Trinajstić information content (AvgIpc) is 2.55. The van der Waals surface area contributed by atoms with Crippen molar-refractivity contribution >= 4 is 36.0 Å². The number of halogens is 1. The summed E-state index contributed by atoms with van der Waals surface area (Å²) in [6.45, 7) is 1.43. The molecule has 0 aliphatic carbocycles. The molecule has 0 aliphatic heterocycles. The SMILES string of the molecule is CN(C)C(=NCc1ccccc1)NCC=Cc1ccccc1.I. The molecule has 4 heteroatoms. The summed E-state index contributed by atoms with van der Waals surface area (Å²) in [6.07, 6.45) is 4.22. The van der Waals surface area contributed by atoms with Crippen LogP contribution in [0.25, 0.3) is 6.08 Å². The molecule has 2 aromatic carbocycles. The van der Waals surface area contributed by atoms with Crippen molar-refractivity contribution in [3.05, 3.63) is 77.9 Å². The first kappa shape index (κ1) is 19.2. The lowest BCUT2D eigenvalue weighted by Crippen LogP contribution is -2.36. The standard InChI is InChI=1S/C19H23N3.HI/c1-22(2)19(21-16-18-12-7-4-8-13-18)20-15-9-14-17-10-5-3-6-11-17;/h3-14H,15-16H2,1-2H3,(H,20,21);1H. The van der Waals surface area contributed by atoms with Gasteiger partial charge in [0.1, 0.15) is 0 Å². The van der Waals surface area contributed by atoms with Gasteiger partial charge in [-0.05, 0) is 11.1 Å². The van der Waals surface area contributed by atoms with E-state index >= 15 is 0 Å². The van der Waals surface area contributed by atoms with Crippen LogP contribution in [-0.4, -0.2) is 31.5 Å². The summed E-state index contributed by atoms with van der Waals surface area (Å²) >= 11 is 0. The Morgan fingerprint density at radius 2 is 1.61 bits per heavy atom. The largest absolute Gasteiger partial charge is 0.353 e. The van der Waals surface area contributed by atoms with Crippen LogP contribution in [0.2, 0.25) is 0 Å². The van der Waals surface area contributed by atoms with E-state index in [1.54, 1.807) is 0 Å². The quantitative estimate of drug-likeness (QED) is 0.449. The number of hydrogen-bond acceptors (Lipinski definition) is 1. The molecule has 0 amide bonds. The van der Waals surface area contributed by atoms with Gasteiger partial charge < -0.3 is 10.2 Å². The normalized spacial score (nSPS) is 11.1. The molecular weight excluding hydrogens is 397 g/mol. The molecule has 0 bridgehead atoms. The van der Waals surface area contributed by atoms with Crippen molar-refractivity contribution in [3.63, 3.8) is 0 Å². The van der Waals surface area contributed by atoms with Crippen LogP contribution in [0.5, 0.6) is 0 Å². The molecule has 0 aromatic heterocycles. The predicted molar refractivity (Wildman–Crippen MR) is 110 cm³/mol. The van der Waals surface area contributed by atoms with Crippen LogP contribution in [0.4, 0.5) is 0 Å². The molecule has 2 rings (SSSR count). The zero-order valence-electron chi connectivity index (χ0n) is 13.6. The zero-order chi connectivity index (χ0) is 15.6. The molecule has 23 heavy (non-hydrogen) atoms. The maximum atomic E-state index is 4.64. The lowest BCUT2D eigenvalue weighted by molar-refractivity contribution is 0.586. The van der Waals surface area contributed by atoms with Gasteiger partial charge in [0.15, 0.2) is 5.96 Å². The number of rotatable bonds is 5. The van der Waals surface area contributed by atoms with E-state index in [1.807, 2.05) is 55.4 Å². The van der Waals surface area contributed by atoms with Crippen molar-refractivity contribution in [1.82, 2.24) is 10.2 Å². The van der Waals surface area contributed by atoms with Crippen LogP contribution in [0.1, 0.15) is 11.1 Å². The van der Waals surface area contributed by atoms with Crippen molar-refractivity contribution in [1.29, 1.82) is 0 Å². The van der Waals surface area contributed by atoms with E-state index in [2.05, 4.69) is 46.7 Å². The molecular formula is C19H24IN3. The average molecular weight is 421 g/mol. The maximum Gasteiger partial charge on any atom is 0.193 e. The molecule has 0 heterocycles. The third kappa shape index (κ3) is 7.32. The van der Waals surface area contributed by atoms with E-state index < -0.39 is 0 Å². The summed E-state index contributed by atoms with van der Waals surface area (Å²) in [5.74, 6) is 0.890. The maximum absolute atomic E-state index is 4.64. The Morgan fingerprint density at radius 1 is 1.00 bits per heavy atom. The van der Waals surface area contributed by atoms with Crippen LogP contribution in [-0.2, 0) is 6.54 Å². The molecule has 0 fully saturated rings. The van der Waals surface area contributed by atoms with Crippen molar-refractivity contribution < 1.29 is 0 Å². The molecule has 1 N–H and O–H groups in total. The van der Waals surface area contributed by atoms with E-state index in [9.17, 15) is 0 Å². The lowest BCUT2D eigenvalue weighted by atomic mass is 10.2. The number of nitrogens with one attached hydrogen (secondary N) is 1. The first-order valence-electron chi connectivity index (χ1n) is 7.47. The van der Waals surface area contributed by atoms with Gasteiger partial charge in [0.2, 0.25) is 0 Å². The lowest BCUT2D eigenvalue weighted by Gasteiger charge is -2.16. The second-order valence-corrected chi connectivity index (χ2v) is 5.21. The minimum Gasteiger partial charge on any atom is -0.353 e. The second-order valence-electron chi connectivity index (χ2n) is 5.21. The van der Waals surface area contributed by atoms with Gasteiger partial charge in [-0.2, -0.15) is 0 Å². The summed E-state index contributed by atoms with van der Waals surface area (Å²) in [7, 11) is 4.00. The highest BCUT2D eigenvalue weighted by atomic mass is 127. The zero-order valence-corrected chi connectivity index (χ0v) is 16.0. The number of nitrogens with zero attached hydrogens (tertiary/aromatic N) is 2. The molecule has 2 aromatic rings. The van der Waals surface area contributed by atoms with E-state index in [4.69, 9.17) is 0 Å². The van der Waals surface area contributed by atoms with Crippen molar-refractivity contribution in [3.8, 4) is 0 Å². The number of aliphatic imine (C=N–C) groups is 1. The molecule has 0 spiro atoms. The Bertz CT molecular complexity index is 607. The summed E-state index contributed by atoms with van der Waals surface area (Å²) in [6, 6.07) is 20.6. The minimum atomic E-state index is 0. The van der Waals surface area contributed by atoms with Gasteiger partial charge in [0, 0.05) is 20.6 Å². The number of hydrogen-bond donors (Lipinski definition) is 1. The van der Waals surface area contributed by atoms with Crippen LogP contribution in [0, 0.1) is 0 Å². The molecule has 0 unspecified atom stereocenters. The third-order valence-corrected chi connectivity index (χ3v) is 3.17. The van der Waals surface area contributed by atoms with E-state index in [0.29, 0.717) is 6.54 Å². The van der Waals surface area contributed by atoms with Crippen LogP contribution in [0.15, 0.2) is 71.7 Å². The van der Waals surface area contributed by atoms with Gasteiger partial charge in [-0.25, -0.2) is 4.99 Å². The monoisotopic (exact) mass is 421 g/mol. The highest BCUT2D eigenvalue weighted by Crippen LogP contribution is 2.01.